The van der Waals surface area contributed by atoms with Crippen molar-refractivity contribution in [3.05, 3.63) is 35.9 Å². The smallest absolute Gasteiger partial charge is 0.306 e. The number of hydrogen-bond acceptors (Lipinski definition) is 2. The molecule has 0 radical (unpaired) electrons. The zero-order chi connectivity index (χ0) is 10.7. The second kappa shape index (κ2) is 4.05. The molecule has 0 N–H and O–H groups in total. The van der Waals surface area contributed by atoms with Gasteiger partial charge in [0.2, 0.25) is 0 Å². The molecule has 1 aliphatic heterocycles. The first-order chi connectivity index (χ1) is 7.27. The number of rotatable bonds is 2. The third-order valence-electron chi connectivity index (χ3n) is 3.14. The van der Waals surface area contributed by atoms with Gasteiger partial charge in [0.1, 0.15) is 5.60 Å². The summed E-state index contributed by atoms with van der Waals surface area (Å²) in [6.07, 6.45) is 3.29. The Morgan fingerprint density at radius 3 is 2.67 bits per heavy atom. The average molecular weight is 204 g/mol. The predicted molar refractivity (Wildman–Crippen MR) is 58.4 cm³/mol. The Balaban J connectivity index is 2.32. The molecule has 0 aliphatic carbocycles. The molecule has 80 valence electrons. The molecule has 1 heterocycles. The van der Waals surface area contributed by atoms with Gasteiger partial charge >= 0.3 is 5.97 Å². The van der Waals surface area contributed by atoms with Crippen LogP contribution in [0.5, 0.6) is 0 Å². The van der Waals surface area contributed by atoms with Crippen molar-refractivity contribution in [2.24, 2.45) is 0 Å². The molecule has 0 amide bonds. The van der Waals surface area contributed by atoms with Crippen molar-refractivity contribution in [2.45, 2.75) is 38.2 Å². The van der Waals surface area contributed by atoms with Gasteiger partial charge in [0, 0.05) is 6.42 Å². The van der Waals surface area contributed by atoms with Gasteiger partial charge in [-0.1, -0.05) is 37.3 Å². The van der Waals surface area contributed by atoms with E-state index in [0.717, 1.165) is 24.8 Å². The first-order valence-electron chi connectivity index (χ1n) is 5.54. The summed E-state index contributed by atoms with van der Waals surface area (Å²) in [4.78, 5) is 11.4. The number of carbonyl (C=O) groups is 1. The molecule has 1 aromatic carbocycles. The minimum absolute atomic E-state index is 0.0630. The van der Waals surface area contributed by atoms with E-state index < -0.39 is 0 Å². The minimum atomic E-state index is -0.364. The SMILES string of the molecule is CCC1(c2ccccc2)CCCC(=O)O1. The van der Waals surface area contributed by atoms with Gasteiger partial charge in [-0.05, 0) is 24.8 Å². The van der Waals surface area contributed by atoms with Crippen LogP contribution in [0.3, 0.4) is 0 Å². The van der Waals surface area contributed by atoms with Crippen LogP contribution in [-0.2, 0) is 15.1 Å². The van der Waals surface area contributed by atoms with E-state index >= 15 is 0 Å². The second-order valence-corrected chi connectivity index (χ2v) is 4.04. The van der Waals surface area contributed by atoms with Crippen molar-refractivity contribution in [1.29, 1.82) is 0 Å². The molecular formula is C13H16O2. The maximum absolute atomic E-state index is 11.4. The molecule has 1 unspecified atom stereocenters. The Bertz CT molecular complexity index is 345. The topological polar surface area (TPSA) is 26.3 Å². The van der Waals surface area contributed by atoms with Crippen molar-refractivity contribution in [3.8, 4) is 0 Å². The molecule has 1 saturated heterocycles. The lowest BCUT2D eigenvalue weighted by molar-refractivity contribution is -0.169. The molecule has 0 spiro atoms. The van der Waals surface area contributed by atoms with Crippen molar-refractivity contribution in [3.63, 3.8) is 0 Å². The van der Waals surface area contributed by atoms with Gasteiger partial charge in [-0.25, -0.2) is 0 Å². The largest absolute Gasteiger partial charge is 0.454 e. The summed E-state index contributed by atoms with van der Waals surface area (Å²) in [5.74, 6) is -0.0630. The fraction of sp³-hybridized carbons (Fsp3) is 0.462. The quantitative estimate of drug-likeness (QED) is 0.692. The molecule has 2 nitrogen and oxygen atoms in total. The molecular weight excluding hydrogens is 188 g/mol. The van der Waals surface area contributed by atoms with Crippen LogP contribution in [-0.4, -0.2) is 5.97 Å². The lowest BCUT2D eigenvalue weighted by Crippen LogP contribution is -2.35. The Morgan fingerprint density at radius 1 is 1.33 bits per heavy atom. The zero-order valence-corrected chi connectivity index (χ0v) is 9.03. The summed E-state index contributed by atoms with van der Waals surface area (Å²) in [6.45, 7) is 2.08. The van der Waals surface area contributed by atoms with Crippen LogP contribution in [0.4, 0.5) is 0 Å². The Kier molecular flexibility index (Phi) is 2.76. The first-order valence-corrected chi connectivity index (χ1v) is 5.54. The van der Waals surface area contributed by atoms with Crippen molar-refractivity contribution < 1.29 is 9.53 Å². The molecule has 0 bridgehead atoms. The van der Waals surface area contributed by atoms with Gasteiger partial charge in [-0.15, -0.1) is 0 Å². The molecule has 15 heavy (non-hydrogen) atoms. The number of cyclic esters (lactones) is 1. The van der Waals surface area contributed by atoms with Crippen molar-refractivity contribution in [1.82, 2.24) is 0 Å². The van der Waals surface area contributed by atoms with Gasteiger partial charge in [0.15, 0.2) is 0 Å². The molecule has 1 atom stereocenters. The molecule has 0 aromatic heterocycles. The van der Waals surface area contributed by atoms with Crippen LogP contribution >= 0.6 is 0 Å². The van der Waals surface area contributed by atoms with Gasteiger partial charge in [0.25, 0.3) is 0 Å². The van der Waals surface area contributed by atoms with Crippen LogP contribution < -0.4 is 0 Å². The van der Waals surface area contributed by atoms with E-state index in [1.165, 1.54) is 0 Å². The summed E-state index contributed by atoms with van der Waals surface area (Å²) in [6, 6.07) is 10.1. The molecule has 1 fully saturated rings. The van der Waals surface area contributed by atoms with E-state index in [2.05, 4.69) is 6.92 Å². The monoisotopic (exact) mass is 204 g/mol. The van der Waals surface area contributed by atoms with Crippen LogP contribution in [0.2, 0.25) is 0 Å². The zero-order valence-electron chi connectivity index (χ0n) is 9.03. The number of ether oxygens (including phenoxy) is 1. The third kappa shape index (κ3) is 1.89. The Morgan fingerprint density at radius 2 is 2.07 bits per heavy atom. The highest BCUT2D eigenvalue weighted by Gasteiger charge is 2.37. The fourth-order valence-electron chi connectivity index (χ4n) is 2.24. The third-order valence-corrected chi connectivity index (χ3v) is 3.14. The normalized spacial score (nSPS) is 26.1. The van der Waals surface area contributed by atoms with E-state index in [0.29, 0.717) is 6.42 Å². The maximum atomic E-state index is 11.4. The Labute approximate surface area is 90.3 Å². The lowest BCUT2D eigenvalue weighted by atomic mass is 9.84. The van der Waals surface area contributed by atoms with Crippen molar-refractivity contribution >= 4 is 5.97 Å². The van der Waals surface area contributed by atoms with Gasteiger partial charge in [-0.2, -0.15) is 0 Å². The molecule has 2 rings (SSSR count). The summed E-state index contributed by atoms with van der Waals surface area (Å²) in [5, 5.41) is 0. The van der Waals surface area contributed by atoms with Crippen LogP contribution in [0.25, 0.3) is 0 Å². The molecule has 0 saturated carbocycles. The minimum Gasteiger partial charge on any atom is -0.454 e. The van der Waals surface area contributed by atoms with Crippen molar-refractivity contribution in [2.75, 3.05) is 0 Å². The highest BCUT2D eigenvalue weighted by molar-refractivity contribution is 5.71. The fourth-order valence-corrected chi connectivity index (χ4v) is 2.24. The summed E-state index contributed by atoms with van der Waals surface area (Å²) >= 11 is 0. The van der Waals surface area contributed by atoms with Crippen LogP contribution in [0.15, 0.2) is 30.3 Å². The number of carbonyl (C=O) groups excluding carboxylic acids is 1. The average Bonchev–Trinajstić information content (AvgIpc) is 2.30. The summed E-state index contributed by atoms with van der Waals surface area (Å²) in [5.41, 5.74) is 0.761. The molecule has 1 aliphatic rings. The summed E-state index contributed by atoms with van der Waals surface area (Å²) < 4.78 is 5.57. The number of hydrogen-bond donors (Lipinski definition) is 0. The predicted octanol–water partition coefficient (Wildman–Crippen LogP) is 3.02. The van der Waals surface area contributed by atoms with E-state index in [-0.39, 0.29) is 11.6 Å². The first kappa shape index (κ1) is 10.2. The van der Waals surface area contributed by atoms with E-state index in [9.17, 15) is 4.79 Å². The van der Waals surface area contributed by atoms with Gasteiger partial charge in [-0.3, -0.25) is 4.79 Å². The van der Waals surface area contributed by atoms with E-state index in [1.807, 2.05) is 30.3 Å². The molecule has 2 heteroatoms. The molecule has 1 aromatic rings. The number of esters is 1. The van der Waals surface area contributed by atoms with Gasteiger partial charge < -0.3 is 4.74 Å². The highest BCUT2D eigenvalue weighted by Crippen LogP contribution is 2.38. The Hall–Kier alpha value is -1.31. The van der Waals surface area contributed by atoms with Gasteiger partial charge in [0.05, 0.1) is 0 Å². The second-order valence-electron chi connectivity index (χ2n) is 4.04. The van der Waals surface area contributed by atoms with E-state index in [1.54, 1.807) is 0 Å². The summed E-state index contributed by atoms with van der Waals surface area (Å²) in [7, 11) is 0. The van der Waals surface area contributed by atoms with Crippen LogP contribution in [0.1, 0.15) is 38.2 Å². The van der Waals surface area contributed by atoms with E-state index in [4.69, 9.17) is 4.74 Å². The van der Waals surface area contributed by atoms with Crippen LogP contribution in [0, 0.1) is 0 Å². The maximum Gasteiger partial charge on any atom is 0.306 e. The highest BCUT2D eigenvalue weighted by atomic mass is 16.6. The number of benzene rings is 1. The lowest BCUT2D eigenvalue weighted by Gasteiger charge is -2.36. The standard InChI is InChI=1S/C13H16O2/c1-2-13(10-6-9-12(14)15-13)11-7-4-3-5-8-11/h3-5,7-8H,2,6,9-10H2,1H3.